The molecule has 1 heterocycles. The number of hydrogen-bond acceptors (Lipinski definition) is 6. The van der Waals surface area contributed by atoms with Gasteiger partial charge in [-0.1, -0.05) is 72.6 Å². The van der Waals surface area contributed by atoms with E-state index in [1.165, 1.54) is 16.7 Å². The van der Waals surface area contributed by atoms with Gasteiger partial charge in [-0.2, -0.15) is 0 Å². The van der Waals surface area contributed by atoms with Gasteiger partial charge in [0.2, 0.25) is 10.0 Å². The number of carboxylic acid groups (broad SMARTS) is 1. The van der Waals surface area contributed by atoms with Crippen LogP contribution in [0.1, 0.15) is 59.1 Å². The predicted molar refractivity (Wildman–Crippen MR) is 203 cm³/mol. The van der Waals surface area contributed by atoms with Gasteiger partial charge >= 0.3 is 11.9 Å². The molecule has 0 aliphatic carbocycles. The number of carbonyl (C=O) groups is 2. The van der Waals surface area contributed by atoms with E-state index in [1.54, 1.807) is 31.2 Å². The van der Waals surface area contributed by atoms with Crippen LogP contribution in [0.3, 0.4) is 0 Å². The van der Waals surface area contributed by atoms with Gasteiger partial charge in [-0.05, 0) is 117 Å². The van der Waals surface area contributed by atoms with Crippen LogP contribution < -0.4 is 10.0 Å². The van der Waals surface area contributed by atoms with Crippen LogP contribution in [0, 0.1) is 19.8 Å². The molecule has 51 heavy (non-hydrogen) atoms. The summed E-state index contributed by atoms with van der Waals surface area (Å²) in [6, 6.07) is 29.1. The van der Waals surface area contributed by atoms with Gasteiger partial charge in [0.15, 0.2) is 0 Å². The maximum atomic E-state index is 13.4. The standard InChI is InChI=1S/C41H47N3O6S/c1-27-21-28(2)23-33(22-27)39-36(37-25-31(12-17-38(37)43-39)24-29(3)40(45)46)18-20-42-19-8-11-35(41(47)50-26-30-9-6-5-7-10-30)32-13-15-34(16-14-32)44-51(4,48)49/h5-7,9-10,12-17,21-23,25,29,35,42-44H,8,11,18-20,24,26H2,1-4H3,(H,45,46). The minimum Gasteiger partial charge on any atom is -0.481 e. The molecule has 5 rings (SSSR count). The maximum absolute atomic E-state index is 13.4. The summed E-state index contributed by atoms with van der Waals surface area (Å²) in [5.41, 5.74) is 9.83. The second-order valence-electron chi connectivity index (χ2n) is 13.5. The number of rotatable bonds is 17. The van der Waals surface area contributed by atoms with Crippen LogP contribution in [-0.4, -0.2) is 49.8 Å². The predicted octanol–water partition coefficient (Wildman–Crippen LogP) is 7.53. The summed E-state index contributed by atoms with van der Waals surface area (Å²) in [6.45, 7) is 7.48. The molecule has 0 aliphatic heterocycles. The second-order valence-corrected chi connectivity index (χ2v) is 15.2. The molecule has 0 saturated carbocycles. The molecule has 2 atom stereocenters. The average Bonchev–Trinajstić information content (AvgIpc) is 3.44. The Balaban J connectivity index is 1.28. The zero-order valence-corrected chi connectivity index (χ0v) is 30.5. The lowest BCUT2D eigenvalue weighted by Gasteiger charge is -2.17. The number of H-pyrrole nitrogens is 1. The topological polar surface area (TPSA) is 138 Å². The normalized spacial score (nSPS) is 12.8. The Labute approximate surface area is 300 Å². The number of aryl methyl sites for hydroxylation is 2. The fourth-order valence-corrected chi connectivity index (χ4v) is 7.07. The molecule has 4 N–H and O–H groups in total. The Kier molecular flexibility index (Phi) is 12.3. The number of hydrogen-bond donors (Lipinski definition) is 4. The molecular formula is C41H47N3O6S. The number of sulfonamides is 1. The highest BCUT2D eigenvalue weighted by atomic mass is 32.2. The van der Waals surface area contributed by atoms with Gasteiger partial charge in [0, 0.05) is 22.3 Å². The molecule has 0 saturated heterocycles. The van der Waals surface area contributed by atoms with Gasteiger partial charge in [0.1, 0.15) is 6.61 Å². The Bertz CT molecular complexity index is 2050. The van der Waals surface area contributed by atoms with Crippen molar-refractivity contribution < 1.29 is 27.9 Å². The molecule has 4 aromatic carbocycles. The second kappa shape index (κ2) is 16.9. The van der Waals surface area contributed by atoms with E-state index < -0.39 is 27.8 Å². The Morgan fingerprint density at radius 2 is 1.59 bits per heavy atom. The first-order chi connectivity index (χ1) is 24.4. The van der Waals surface area contributed by atoms with E-state index in [4.69, 9.17) is 4.74 Å². The molecule has 0 aliphatic rings. The molecule has 1 aromatic heterocycles. The number of ether oxygens (including phenoxy) is 1. The van der Waals surface area contributed by atoms with Crippen LogP contribution in [0.4, 0.5) is 5.69 Å². The third-order valence-electron chi connectivity index (χ3n) is 8.97. The molecule has 268 valence electrons. The minimum atomic E-state index is -3.42. The van der Waals surface area contributed by atoms with Crippen molar-refractivity contribution in [3.05, 3.63) is 124 Å². The maximum Gasteiger partial charge on any atom is 0.313 e. The van der Waals surface area contributed by atoms with Crippen molar-refractivity contribution in [1.82, 2.24) is 10.3 Å². The summed E-state index contributed by atoms with van der Waals surface area (Å²) >= 11 is 0. The lowest BCUT2D eigenvalue weighted by atomic mass is 9.94. The number of anilines is 1. The van der Waals surface area contributed by atoms with Crippen molar-refractivity contribution in [2.75, 3.05) is 24.1 Å². The highest BCUT2D eigenvalue weighted by molar-refractivity contribution is 7.92. The minimum absolute atomic E-state index is 0.173. The summed E-state index contributed by atoms with van der Waals surface area (Å²) in [7, 11) is -3.42. The Morgan fingerprint density at radius 1 is 0.882 bits per heavy atom. The fourth-order valence-electron chi connectivity index (χ4n) is 6.50. The third-order valence-corrected chi connectivity index (χ3v) is 9.57. The van der Waals surface area contributed by atoms with Crippen molar-refractivity contribution in [2.45, 2.75) is 59.0 Å². The molecule has 9 nitrogen and oxygen atoms in total. The van der Waals surface area contributed by atoms with E-state index in [0.717, 1.165) is 51.5 Å². The van der Waals surface area contributed by atoms with Crippen LogP contribution >= 0.6 is 0 Å². The van der Waals surface area contributed by atoms with E-state index >= 15 is 0 Å². The van der Waals surface area contributed by atoms with Gasteiger partial charge in [-0.15, -0.1) is 0 Å². The lowest BCUT2D eigenvalue weighted by Crippen LogP contribution is -2.21. The van der Waals surface area contributed by atoms with Gasteiger partial charge in [-0.25, -0.2) is 8.42 Å². The van der Waals surface area contributed by atoms with Crippen LogP contribution in [-0.2, 0) is 43.8 Å². The first kappa shape index (κ1) is 37.3. The van der Waals surface area contributed by atoms with Crippen LogP contribution in [0.25, 0.3) is 22.2 Å². The van der Waals surface area contributed by atoms with Crippen molar-refractivity contribution in [3.63, 3.8) is 0 Å². The van der Waals surface area contributed by atoms with Crippen LogP contribution in [0.15, 0.2) is 91.0 Å². The molecule has 0 radical (unpaired) electrons. The van der Waals surface area contributed by atoms with E-state index in [0.29, 0.717) is 38.0 Å². The van der Waals surface area contributed by atoms with E-state index in [-0.39, 0.29) is 12.6 Å². The lowest BCUT2D eigenvalue weighted by molar-refractivity contribution is -0.147. The number of aromatic amines is 1. The quantitative estimate of drug-likeness (QED) is 0.0579. The SMILES string of the molecule is Cc1cc(C)cc(-c2[nH]c3ccc(CC(C)C(=O)O)cc3c2CCNCCCC(C(=O)OCc2ccccc2)c2ccc(NS(C)(=O)=O)cc2)c1. The number of nitrogens with one attached hydrogen (secondary N) is 3. The molecule has 0 fully saturated rings. The van der Waals surface area contributed by atoms with Crippen molar-refractivity contribution in [3.8, 4) is 11.3 Å². The van der Waals surface area contributed by atoms with Gasteiger partial charge < -0.3 is 20.1 Å². The van der Waals surface area contributed by atoms with E-state index in [1.807, 2.05) is 42.5 Å². The number of fused-ring (bicyclic) bond motifs is 1. The van der Waals surface area contributed by atoms with E-state index in [2.05, 4.69) is 53.1 Å². The third kappa shape index (κ3) is 10.5. The molecule has 0 amide bonds. The molecule has 5 aromatic rings. The number of benzene rings is 4. The number of carboxylic acids is 1. The zero-order valence-electron chi connectivity index (χ0n) is 29.7. The molecule has 0 spiro atoms. The zero-order chi connectivity index (χ0) is 36.5. The molecule has 2 unspecified atom stereocenters. The summed E-state index contributed by atoms with van der Waals surface area (Å²) in [4.78, 5) is 28.6. The van der Waals surface area contributed by atoms with E-state index in [9.17, 15) is 23.1 Å². The molecule has 10 heteroatoms. The molecular weight excluding hydrogens is 663 g/mol. The smallest absolute Gasteiger partial charge is 0.313 e. The van der Waals surface area contributed by atoms with Crippen LogP contribution in [0.2, 0.25) is 0 Å². The summed E-state index contributed by atoms with van der Waals surface area (Å²) in [5.74, 6) is -2.13. The van der Waals surface area contributed by atoms with Crippen LogP contribution in [0.5, 0.6) is 0 Å². The first-order valence-corrected chi connectivity index (χ1v) is 19.2. The van der Waals surface area contributed by atoms with Crippen molar-refractivity contribution in [2.24, 2.45) is 5.92 Å². The monoisotopic (exact) mass is 709 g/mol. The van der Waals surface area contributed by atoms with Gasteiger partial charge in [0.25, 0.3) is 0 Å². The largest absolute Gasteiger partial charge is 0.481 e. The number of aliphatic carboxylic acids is 1. The Hall–Kier alpha value is -4.93. The molecule has 0 bridgehead atoms. The highest BCUT2D eigenvalue weighted by Gasteiger charge is 2.23. The van der Waals surface area contributed by atoms with Gasteiger partial charge in [0.05, 0.1) is 18.1 Å². The van der Waals surface area contributed by atoms with Crippen molar-refractivity contribution >= 4 is 38.6 Å². The van der Waals surface area contributed by atoms with Crippen molar-refractivity contribution in [1.29, 1.82) is 0 Å². The average molecular weight is 710 g/mol. The fraction of sp³-hybridized carbons (Fsp3) is 0.317. The summed E-state index contributed by atoms with van der Waals surface area (Å²) < 4.78 is 31.6. The summed E-state index contributed by atoms with van der Waals surface area (Å²) in [6.07, 6.45) is 3.56. The number of aromatic nitrogens is 1. The summed E-state index contributed by atoms with van der Waals surface area (Å²) in [5, 5.41) is 14.2. The number of carbonyl (C=O) groups excluding carboxylic acids is 1. The Morgan fingerprint density at radius 3 is 2.25 bits per heavy atom. The highest BCUT2D eigenvalue weighted by Crippen LogP contribution is 2.33. The van der Waals surface area contributed by atoms with Gasteiger partial charge in [-0.3, -0.25) is 14.3 Å². The number of esters is 1. The first-order valence-electron chi connectivity index (χ1n) is 17.3.